The highest BCUT2D eigenvalue weighted by molar-refractivity contribution is 5.79. The average molecular weight is 309 g/mol. The van der Waals surface area contributed by atoms with Crippen molar-refractivity contribution in [1.82, 2.24) is 5.32 Å². The Bertz CT molecular complexity index is 709. The Kier molecular flexibility index (Phi) is 4.65. The minimum Gasteiger partial charge on any atom is -0.496 e. The third kappa shape index (κ3) is 3.55. The number of hydrogen-bond acceptors (Lipinski definition) is 2. The Hall–Kier alpha value is -2.29. The van der Waals surface area contributed by atoms with Crippen molar-refractivity contribution in [2.45, 2.75) is 38.6 Å². The van der Waals surface area contributed by atoms with Crippen LogP contribution in [0.5, 0.6) is 5.75 Å². The highest BCUT2D eigenvalue weighted by Crippen LogP contribution is 2.29. The zero-order valence-electron chi connectivity index (χ0n) is 13.8. The van der Waals surface area contributed by atoms with Gasteiger partial charge in [0.1, 0.15) is 5.75 Å². The summed E-state index contributed by atoms with van der Waals surface area (Å²) in [6.45, 7) is 2.00. The lowest BCUT2D eigenvalue weighted by Gasteiger charge is -2.26. The molecule has 1 amide bonds. The van der Waals surface area contributed by atoms with E-state index in [9.17, 15) is 4.79 Å². The molecule has 23 heavy (non-hydrogen) atoms. The number of hydrogen-bond donors (Lipinski definition) is 1. The van der Waals surface area contributed by atoms with Crippen molar-refractivity contribution in [3.8, 4) is 5.75 Å². The summed E-state index contributed by atoms with van der Waals surface area (Å²) in [4.78, 5) is 12.4. The molecule has 0 aromatic heterocycles. The van der Waals surface area contributed by atoms with E-state index in [1.165, 1.54) is 11.1 Å². The highest BCUT2D eigenvalue weighted by Gasteiger charge is 2.21. The second-order valence-corrected chi connectivity index (χ2v) is 6.19. The fourth-order valence-electron chi connectivity index (χ4n) is 3.39. The van der Waals surface area contributed by atoms with Crippen LogP contribution in [0.25, 0.3) is 0 Å². The van der Waals surface area contributed by atoms with Gasteiger partial charge in [0.05, 0.1) is 19.6 Å². The monoisotopic (exact) mass is 309 g/mol. The summed E-state index contributed by atoms with van der Waals surface area (Å²) >= 11 is 0. The molecule has 3 rings (SSSR count). The topological polar surface area (TPSA) is 38.3 Å². The normalized spacial score (nSPS) is 16.5. The molecule has 0 saturated heterocycles. The van der Waals surface area contributed by atoms with Crippen molar-refractivity contribution >= 4 is 5.91 Å². The summed E-state index contributed by atoms with van der Waals surface area (Å²) in [5, 5.41) is 3.20. The number of amides is 1. The van der Waals surface area contributed by atoms with Crippen molar-refractivity contribution in [2.24, 2.45) is 0 Å². The van der Waals surface area contributed by atoms with Gasteiger partial charge in [-0.3, -0.25) is 4.79 Å². The van der Waals surface area contributed by atoms with Gasteiger partial charge in [0, 0.05) is 0 Å². The van der Waals surface area contributed by atoms with Crippen LogP contribution in [0.1, 0.15) is 41.1 Å². The number of rotatable bonds is 4. The second-order valence-electron chi connectivity index (χ2n) is 6.19. The van der Waals surface area contributed by atoms with Gasteiger partial charge in [-0.15, -0.1) is 0 Å². The second kappa shape index (κ2) is 6.86. The molecular weight excluding hydrogens is 286 g/mol. The van der Waals surface area contributed by atoms with E-state index < -0.39 is 0 Å². The van der Waals surface area contributed by atoms with Gasteiger partial charge in [-0.2, -0.15) is 0 Å². The first-order valence-electron chi connectivity index (χ1n) is 8.18. The van der Waals surface area contributed by atoms with Crippen LogP contribution in [0.4, 0.5) is 0 Å². The molecule has 0 heterocycles. The predicted octanol–water partition coefficient (Wildman–Crippen LogP) is 3.74. The molecular formula is C20H23NO2. The maximum atomic E-state index is 12.4. The summed E-state index contributed by atoms with van der Waals surface area (Å²) in [6.07, 6.45) is 3.66. The molecule has 2 aromatic carbocycles. The molecule has 3 nitrogen and oxygen atoms in total. The van der Waals surface area contributed by atoms with Crippen LogP contribution in [0.3, 0.4) is 0 Å². The van der Waals surface area contributed by atoms with E-state index in [-0.39, 0.29) is 11.9 Å². The lowest BCUT2D eigenvalue weighted by atomic mass is 9.87. The Morgan fingerprint density at radius 1 is 1.26 bits per heavy atom. The van der Waals surface area contributed by atoms with Crippen molar-refractivity contribution in [3.05, 3.63) is 64.7 Å². The molecule has 0 saturated carbocycles. The number of ether oxygens (including phenoxy) is 1. The fraction of sp³-hybridized carbons (Fsp3) is 0.350. The lowest BCUT2D eigenvalue weighted by Crippen LogP contribution is -2.32. The van der Waals surface area contributed by atoms with Crippen LogP contribution in [0, 0.1) is 6.92 Å². The molecule has 0 radical (unpaired) electrons. The van der Waals surface area contributed by atoms with Gasteiger partial charge in [-0.1, -0.05) is 36.4 Å². The van der Waals surface area contributed by atoms with E-state index in [0.717, 1.165) is 36.1 Å². The third-order valence-electron chi connectivity index (χ3n) is 4.53. The van der Waals surface area contributed by atoms with E-state index in [1.807, 2.05) is 25.1 Å². The Labute approximate surface area is 137 Å². The Balaban J connectivity index is 1.67. The van der Waals surface area contributed by atoms with Crippen LogP contribution in [-0.4, -0.2) is 13.0 Å². The maximum absolute atomic E-state index is 12.4. The molecule has 0 spiro atoms. The van der Waals surface area contributed by atoms with Crippen LogP contribution in [0.2, 0.25) is 0 Å². The quantitative estimate of drug-likeness (QED) is 0.934. The first-order chi connectivity index (χ1) is 11.2. The number of benzene rings is 2. The Morgan fingerprint density at radius 3 is 2.87 bits per heavy atom. The first kappa shape index (κ1) is 15.6. The predicted molar refractivity (Wildman–Crippen MR) is 91.7 cm³/mol. The molecule has 1 unspecified atom stereocenters. The van der Waals surface area contributed by atoms with Gasteiger partial charge in [0.25, 0.3) is 0 Å². The Morgan fingerprint density at radius 2 is 2.09 bits per heavy atom. The third-order valence-corrected chi connectivity index (χ3v) is 4.53. The zero-order valence-corrected chi connectivity index (χ0v) is 13.8. The zero-order chi connectivity index (χ0) is 16.2. The van der Waals surface area contributed by atoms with E-state index in [0.29, 0.717) is 6.42 Å². The minimum atomic E-state index is 0.0799. The van der Waals surface area contributed by atoms with E-state index >= 15 is 0 Å². The van der Waals surface area contributed by atoms with E-state index in [1.54, 1.807) is 7.11 Å². The van der Waals surface area contributed by atoms with E-state index in [4.69, 9.17) is 4.74 Å². The number of carbonyl (C=O) groups excluding carboxylic acids is 1. The minimum absolute atomic E-state index is 0.0799. The van der Waals surface area contributed by atoms with E-state index in [2.05, 4.69) is 29.6 Å². The number of carbonyl (C=O) groups is 1. The van der Waals surface area contributed by atoms with Crippen LogP contribution < -0.4 is 10.1 Å². The van der Waals surface area contributed by atoms with Crippen molar-refractivity contribution in [2.75, 3.05) is 7.11 Å². The number of nitrogens with one attached hydrogen (secondary N) is 1. The number of methoxy groups -OCH3 is 1. The maximum Gasteiger partial charge on any atom is 0.224 e. The lowest BCUT2D eigenvalue weighted by molar-refractivity contribution is -0.121. The van der Waals surface area contributed by atoms with Gasteiger partial charge in [-0.05, 0) is 54.5 Å². The molecule has 2 aromatic rings. The van der Waals surface area contributed by atoms with Gasteiger partial charge < -0.3 is 10.1 Å². The highest BCUT2D eigenvalue weighted by atomic mass is 16.5. The number of aryl methyl sites for hydroxylation is 2. The first-order valence-corrected chi connectivity index (χ1v) is 8.18. The van der Waals surface area contributed by atoms with Crippen molar-refractivity contribution in [3.63, 3.8) is 0 Å². The molecule has 1 aliphatic rings. The van der Waals surface area contributed by atoms with Crippen LogP contribution in [0.15, 0.2) is 42.5 Å². The van der Waals surface area contributed by atoms with Crippen molar-refractivity contribution < 1.29 is 9.53 Å². The van der Waals surface area contributed by atoms with Gasteiger partial charge in [-0.25, -0.2) is 0 Å². The molecule has 3 heteroatoms. The van der Waals surface area contributed by atoms with Crippen LogP contribution in [-0.2, 0) is 17.6 Å². The molecule has 1 N–H and O–H groups in total. The van der Waals surface area contributed by atoms with Gasteiger partial charge in [0.2, 0.25) is 5.91 Å². The summed E-state index contributed by atoms with van der Waals surface area (Å²) in [5.41, 5.74) is 4.72. The fourth-order valence-corrected chi connectivity index (χ4v) is 3.39. The van der Waals surface area contributed by atoms with Gasteiger partial charge >= 0.3 is 0 Å². The SMILES string of the molecule is COc1ccc(CC(=O)NC2CCCc3ccccc32)cc1C. The average Bonchev–Trinajstić information content (AvgIpc) is 2.55. The van der Waals surface area contributed by atoms with Gasteiger partial charge in [0.15, 0.2) is 0 Å². The number of fused-ring (bicyclic) bond motifs is 1. The largest absolute Gasteiger partial charge is 0.496 e. The molecule has 0 aliphatic heterocycles. The molecule has 1 atom stereocenters. The summed E-state index contributed by atoms with van der Waals surface area (Å²) in [6, 6.07) is 14.5. The summed E-state index contributed by atoms with van der Waals surface area (Å²) in [5.74, 6) is 0.937. The molecule has 0 fully saturated rings. The van der Waals surface area contributed by atoms with Crippen LogP contribution >= 0.6 is 0 Å². The molecule has 120 valence electrons. The molecule has 0 bridgehead atoms. The standard InChI is InChI=1S/C20H23NO2/c1-14-12-15(10-11-19(14)23-2)13-20(22)21-18-9-5-7-16-6-3-4-8-17(16)18/h3-4,6,8,10-12,18H,5,7,9,13H2,1-2H3,(H,21,22). The summed E-state index contributed by atoms with van der Waals surface area (Å²) < 4.78 is 5.26. The smallest absolute Gasteiger partial charge is 0.224 e. The molecule has 1 aliphatic carbocycles. The van der Waals surface area contributed by atoms with Crippen molar-refractivity contribution in [1.29, 1.82) is 0 Å². The summed E-state index contributed by atoms with van der Waals surface area (Å²) in [7, 11) is 1.66.